The SMILES string of the molecule is COc1cc2c(cc1C(=O)NN)-n1c(-c3cccs3)nc(C(=O)O)c1CC2. The fraction of sp³-hybridized carbons (Fsp3) is 0.167. The zero-order valence-corrected chi connectivity index (χ0v) is 15.2. The number of rotatable bonds is 4. The molecule has 1 aromatic carbocycles. The number of aromatic nitrogens is 2. The lowest BCUT2D eigenvalue weighted by Gasteiger charge is -2.23. The summed E-state index contributed by atoms with van der Waals surface area (Å²) in [5.41, 5.74) is 4.69. The summed E-state index contributed by atoms with van der Waals surface area (Å²) in [4.78, 5) is 29.1. The Balaban J connectivity index is 2.02. The Morgan fingerprint density at radius 1 is 1.37 bits per heavy atom. The van der Waals surface area contributed by atoms with E-state index < -0.39 is 11.9 Å². The molecule has 0 radical (unpaired) electrons. The van der Waals surface area contributed by atoms with Crippen LogP contribution in [0.2, 0.25) is 0 Å². The number of carboxylic acids is 1. The van der Waals surface area contributed by atoms with E-state index in [-0.39, 0.29) is 11.3 Å². The number of imidazole rings is 1. The molecule has 1 aliphatic rings. The lowest BCUT2D eigenvalue weighted by atomic mass is 9.97. The highest BCUT2D eigenvalue weighted by atomic mass is 32.1. The molecule has 0 aliphatic carbocycles. The summed E-state index contributed by atoms with van der Waals surface area (Å²) < 4.78 is 7.16. The summed E-state index contributed by atoms with van der Waals surface area (Å²) >= 11 is 1.47. The van der Waals surface area contributed by atoms with E-state index in [1.807, 2.05) is 22.1 Å². The maximum Gasteiger partial charge on any atom is 0.356 e. The predicted octanol–water partition coefficient (Wildman–Crippen LogP) is 2.01. The van der Waals surface area contributed by atoms with Crippen LogP contribution in [-0.2, 0) is 12.8 Å². The van der Waals surface area contributed by atoms with Crippen molar-refractivity contribution in [3.05, 3.63) is 52.2 Å². The summed E-state index contributed by atoms with van der Waals surface area (Å²) in [6, 6.07) is 7.23. The number of hydrazine groups is 1. The monoisotopic (exact) mass is 384 g/mol. The number of nitrogens with zero attached hydrogens (tertiary/aromatic N) is 2. The molecule has 0 fully saturated rings. The highest BCUT2D eigenvalue weighted by Gasteiger charge is 2.30. The number of nitrogens with one attached hydrogen (secondary N) is 1. The fourth-order valence-corrected chi connectivity index (χ4v) is 4.09. The number of hydrogen-bond donors (Lipinski definition) is 3. The van der Waals surface area contributed by atoms with Crippen molar-refractivity contribution >= 4 is 23.2 Å². The molecule has 1 amide bonds. The molecule has 4 rings (SSSR count). The van der Waals surface area contributed by atoms with Crippen molar-refractivity contribution in [2.24, 2.45) is 5.84 Å². The number of ether oxygens (including phenoxy) is 1. The smallest absolute Gasteiger partial charge is 0.356 e. The highest BCUT2D eigenvalue weighted by Crippen LogP contribution is 2.37. The standard InChI is InChI=1S/C18H16N4O4S/c1-26-13-7-9-4-5-11-15(18(24)25)20-16(14-3-2-6-27-14)22(11)12(9)8-10(13)17(23)21-19/h2-3,6-8H,4-5,19H2,1H3,(H,21,23)(H,24,25). The second kappa shape index (κ2) is 6.53. The molecule has 9 heteroatoms. The van der Waals surface area contributed by atoms with Gasteiger partial charge in [0.05, 0.1) is 28.9 Å². The van der Waals surface area contributed by atoms with Crippen LogP contribution in [-0.4, -0.2) is 33.6 Å². The van der Waals surface area contributed by atoms with Crippen LogP contribution in [0.25, 0.3) is 16.4 Å². The van der Waals surface area contributed by atoms with E-state index >= 15 is 0 Å². The Hall–Kier alpha value is -3.17. The van der Waals surface area contributed by atoms with Crippen LogP contribution < -0.4 is 16.0 Å². The molecule has 0 bridgehead atoms. The number of fused-ring (bicyclic) bond motifs is 3. The average Bonchev–Trinajstić information content (AvgIpc) is 3.33. The van der Waals surface area contributed by atoms with Crippen molar-refractivity contribution in [1.82, 2.24) is 15.0 Å². The van der Waals surface area contributed by atoms with Crippen LogP contribution in [0.5, 0.6) is 5.75 Å². The van der Waals surface area contributed by atoms with Crippen LogP contribution >= 0.6 is 11.3 Å². The number of benzene rings is 1. The first-order valence-corrected chi connectivity index (χ1v) is 9.04. The lowest BCUT2D eigenvalue weighted by Crippen LogP contribution is -2.30. The minimum absolute atomic E-state index is 0.0321. The Bertz CT molecular complexity index is 1060. The van der Waals surface area contributed by atoms with Crippen LogP contribution in [0.1, 0.15) is 32.1 Å². The number of carboxylic acid groups (broad SMARTS) is 1. The Labute approximate surface area is 158 Å². The molecule has 138 valence electrons. The molecular weight excluding hydrogens is 368 g/mol. The van der Waals surface area contributed by atoms with E-state index in [9.17, 15) is 14.7 Å². The minimum atomic E-state index is -1.07. The van der Waals surface area contributed by atoms with Gasteiger partial charge in [-0.05, 0) is 42.0 Å². The van der Waals surface area contributed by atoms with Crippen LogP contribution in [0.3, 0.4) is 0 Å². The summed E-state index contributed by atoms with van der Waals surface area (Å²) in [6.45, 7) is 0. The highest BCUT2D eigenvalue weighted by molar-refractivity contribution is 7.13. The van der Waals surface area contributed by atoms with Gasteiger partial charge in [-0.15, -0.1) is 11.3 Å². The molecule has 0 spiro atoms. The van der Waals surface area contributed by atoms with Crippen molar-refractivity contribution in [1.29, 1.82) is 0 Å². The number of carbonyl (C=O) groups is 2. The third-order valence-corrected chi connectivity index (χ3v) is 5.43. The second-order valence-corrected chi connectivity index (χ2v) is 6.95. The predicted molar refractivity (Wildman–Crippen MR) is 99.4 cm³/mol. The molecule has 0 saturated heterocycles. The van der Waals surface area contributed by atoms with Gasteiger partial charge in [0, 0.05) is 0 Å². The number of aromatic carboxylic acids is 1. The maximum absolute atomic E-state index is 12.2. The van der Waals surface area contributed by atoms with Gasteiger partial charge in [0.15, 0.2) is 11.5 Å². The number of thiophene rings is 1. The van der Waals surface area contributed by atoms with Gasteiger partial charge in [0.2, 0.25) is 0 Å². The molecule has 3 heterocycles. The molecule has 4 N–H and O–H groups in total. The molecule has 0 unspecified atom stereocenters. The first-order valence-electron chi connectivity index (χ1n) is 8.16. The zero-order valence-electron chi connectivity index (χ0n) is 14.4. The number of nitrogen functional groups attached to an aromatic ring is 1. The molecule has 27 heavy (non-hydrogen) atoms. The Kier molecular flexibility index (Phi) is 4.17. The van der Waals surface area contributed by atoms with E-state index in [4.69, 9.17) is 10.6 Å². The third-order valence-electron chi connectivity index (χ3n) is 4.57. The number of nitrogens with two attached hydrogens (primary N) is 1. The van der Waals surface area contributed by atoms with Gasteiger partial charge < -0.3 is 9.84 Å². The molecule has 2 aromatic heterocycles. The van der Waals surface area contributed by atoms with Crippen molar-refractivity contribution < 1.29 is 19.4 Å². The zero-order chi connectivity index (χ0) is 19.1. The summed E-state index contributed by atoms with van der Waals surface area (Å²) in [7, 11) is 1.49. The third kappa shape index (κ3) is 2.68. The second-order valence-electron chi connectivity index (χ2n) is 6.00. The molecule has 0 saturated carbocycles. The van der Waals surface area contributed by atoms with E-state index in [2.05, 4.69) is 10.4 Å². The fourth-order valence-electron chi connectivity index (χ4n) is 3.38. The normalized spacial score (nSPS) is 12.2. The van der Waals surface area contributed by atoms with E-state index in [1.54, 1.807) is 12.1 Å². The summed E-state index contributed by atoms with van der Waals surface area (Å²) in [5, 5.41) is 11.5. The lowest BCUT2D eigenvalue weighted by molar-refractivity contribution is 0.0689. The van der Waals surface area contributed by atoms with Gasteiger partial charge in [0.25, 0.3) is 5.91 Å². The summed E-state index contributed by atoms with van der Waals surface area (Å²) in [6.07, 6.45) is 1.14. The number of aryl methyl sites for hydroxylation is 1. The molecule has 8 nitrogen and oxygen atoms in total. The number of methoxy groups -OCH3 is 1. The Morgan fingerprint density at radius 2 is 2.19 bits per heavy atom. The van der Waals surface area contributed by atoms with Crippen molar-refractivity contribution in [3.63, 3.8) is 0 Å². The molecular formula is C18H16N4O4S. The van der Waals surface area contributed by atoms with E-state index in [1.165, 1.54) is 18.4 Å². The molecule has 1 aliphatic heterocycles. The first-order chi connectivity index (χ1) is 13.0. The van der Waals surface area contributed by atoms with E-state index in [0.29, 0.717) is 35.8 Å². The van der Waals surface area contributed by atoms with Crippen molar-refractivity contribution in [3.8, 4) is 22.1 Å². The first kappa shape index (κ1) is 17.3. The number of amides is 1. The van der Waals surface area contributed by atoms with Gasteiger partial charge in [-0.2, -0.15) is 0 Å². The number of carbonyl (C=O) groups excluding carboxylic acids is 1. The van der Waals surface area contributed by atoms with Gasteiger partial charge >= 0.3 is 5.97 Å². The topological polar surface area (TPSA) is 119 Å². The summed E-state index contributed by atoms with van der Waals surface area (Å²) in [5.74, 6) is 4.70. The van der Waals surface area contributed by atoms with Gasteiger partial charge in [-0.1, -0.05) is 6.07 Å². The maximum atomic E-state index is 12.2. The molecule has 0 atom stereocenters. The van der Waals surface area contributed by atoms with Crippen LogP contribution in [0, 0.1) is 0 Å². The quantitative estimate of drug-likeness (QED) is 0.360. The average molecular weight is 384 g/mol. The van der Waals surface area contributed by atoms with Crippen LogP contribution in [0.15, 0.2) is 29.6 Å². The number of hydrogen-bond acceptors (Lipinski definition) is 6. The van der Waals surface area contributed by atoms with E-state index in [0.717, 1.165) is 10.4 Å². The van der Waals surface area contributed by atoms with Gasteiger partial charge in [0.1, 0.15) is 5.75 Å². The van der Waals surface area contributed by atoms with Crippen LogP contribution in [0.4, 0.5) is 0 Å². The largest absolute Gasteiger partial charge is 0.496 e. The van der Waals surface area contributed by atoms with Crippen molar-refractivity contribution in [2.75, 3.05) is 7.11 Å². The van der Waals surface area contributed by atoms with Crippen molar-refractivity contribution in [2.45, 2.75) is 12.8 Å². The van der Waals surface area contributed by atoms with Gasteiger partial charge in [-0.3, -0.25) is 14.8 Å². The Morgan fingerprint density at radius 3 is 2.81 bits per heavy atom. The minimum Gasteiger partial charge on any atom is -0.496 e. The van der Waals surface area contributed by atoms with Gasteiger partial charge in [-0.25, -0.2) is 15.6 Å². The molecule has 3 aromatic rings.